The Bertz CT molecular complexity index is 1110. The number of hydrogen-bond acceptors (Lipinski definition) is 1. The second-order valence-corrected chi connectivity index (χ2v) is 10.6. The molecule has 2 aromatic rings. The summed E-state index contributed by atoms with van der Waals surface area (Å²) < 4.78 is 104. The minimum Gasteiger partial charge on any atom is -0.432 e. The third kappa shape index (κ3) is 6.55. The molecule has 1 atom stereocenters. The molecule has 0 spiro atoms. The van der Waals surface area contributed by atoms with Gasteiger partial charge in [-0.05, 0) is 92.9 Å². The highest BCUT2D eigenvalue weighted by molar-refractivity contribution is 5.67. The van der Waals surface area contributed by atoms with Gasteiger partial charge in [-0.15, -0.1) is 0 Å². The SMILES string of the molecule is CCCCCc1cc(F)c(C2=CCC(C3CCC(C(F)(F)Oc4cc(F)c(F)c(F)c4)CC3)CC2)c(F)c1. The van der Waals surface area contributed by atoms with Gasteiger partial charge >= 0.3 is 6.11 Å². The summed E-state index contributed by atoms with van der Waals surface area (Å²) in [6.45, 7) is 2.07. The monoisotopic (exact) mass is 542 g/mol. The zero-order chi connectivity index (χ0) is 27.4. The minimum absolute atomic E-state index is 0.0388. The Labute approximate surface area is 219 Å². The average Bonchev–Trinajstić information content (AvgIpc) is 2.87. The maximum Gasteiger partial charge on any atom is 0.400 e. The Morgan fingerprint density at radius 2 is 1.42 bits per heavy atom. The average molecular weight is 543 g/mol. The van der Waals surface area contributed by atoms with Crippen molar-refractivity contribution in [2.45, 2.75) is 83.7 Å². The van der Waals surface area contributed by atoms with Gasteiger partial charge in [0, 0.05) is 17.7 Å². The molecule has 208 valence electrons. The van der Waals surface area contributed by atoms with Gasteiger partial charge in [-0.3, -0.25) is 0 Å². The van der Waals surface area contributed by atoms with Gasteiger partial charge in [-0.1, -0.05) is 25.8 Å². The lowest BCUT2D eigenvalue weighted by molar-refractivity contribution is -0.224. The normalized spacial score (nSPS) is 22.3. The molecule has 0 amide bonds. The van der Waals surface area contributed by atoms with E-state index in [0.29, 0.717) is 55.4 Å². The predicted molar refractivity (Wildman–Crippen MR) is 132 cm³/mol. The summed E-state index contributed by atoms with van der Waals surface area (Å²) in [5.41, 5.74) is 1.36. The molecule has 4 rings (SSSR count). The summed E-state index contributed by atoms with van der Waals surface area (Å²) in [4.78, 5) is 0. The Hall–Kier alpha value is -2.51. The Kier molecular flexibility index (Phi) is 9.09. The molecule has 0 aliphatic heterocycles. The van der Waals surface area contributed by atoms with E-state index in [0.717, 1.165) is 25.7 Å². The standard InChI is InChI=1S/C30H33F7O/c1-2-3-4-5-18-14-24(31)28(25(32)15-18)21-8-6-19(7-9-21)20-10-12-22(13-11-20)30(36,37)38-23-16-26(33)29(35)27(34)17-23/h8,14-17,19-20,22H,2-7,9-13H2,1H3. The molecular formula is C30H33F7O. The maximum absolute atomic E-state index is 14.8. The van der Waals surface area contributed by atoms with Gasteiger partial charge in [-0.25, -0.2) is 22.0 Å². The van der Waals surface area contributed by atoms with E-state index in [1.165, 1.54) is 12.1 Å². The smallest absolute Gasteiger partial charge is 0.400 e. The van der Waals surface area contributed by atoms with Crippen LogP contribution < -0.4 is 4.74 Å². The molecule has 0 heterocycles. The highest BCUT2D eigenvalue weighted by atomic mass is 19.3. The summed E-state index contributed by atoms with van der Waals surface area (Å²) in [7, 11) is 0. The van der Waals surface area contributed by atoms with Crippen LogP contribution in [0.5, 0.6) is 5.75 Å². The lowest BCUT2D eigenvalue weighted by Gasteiger charge is -2.37. The Balaban J connectivity index is 1.33. The number of benzene rings is 2. The van der Waals surface area contributed by atoms with Gasteiger partial charge in [0.1, 0.15) is 17.4 Å². The minimum atomic E-state index is -3.65. The second kappa shape index (κ2) is 12.1. The van der Waals surface area contributed by atoms with Crippen LogP contribution in [0.3, 0.4) is 0 Å². The lowest BCUT2D eigenvalue weighted by atomic mass is 9.70. The van der Waals surface area contributed by atoms with Gasteiger partial charge in [0.25, 0.3) is 0 Å². The summed E-state index contributed by atoms with van der Waals surface area (Å²) in [5.74, 6) is -7.47. The molecule has 1 saturated carbocycles. The van der Waals surface area contributed by atoms with Crippen molar-refractivity contribution in [2.75, 3.05) is 0 Å². The number of halogens is 7. The van der Waals surface area contributed by atoms with Crippen LogP contribution >= 0.6 is 0 Å². The molecule has 2 aliphatic rings. The molecule has 0 aromatic heterocycles. The van der Waals surface area contributed by atoms with Crippen molar-refractivity contribution in [1.82, 2.24) is 0 Å². The van der Waals surface area contributed by atoms with Crippen molar-refractivity contribution < 1.29 is 35.5 Å². The highest BCUT2D eigenvalue weighted by Crippen LogP contribution is 2.46. The van der Waals surface area contributed by atoms with Crippen molar-refractivity contribution in [3.63, 3.8) is 0 Å². The zero-order valence-corrected chi connectivity index (χ0v) is 21.5. The van der Waals surface area contributed by atoms with Gasteiger partial charge in [0.15, 0.2) is 17.5 Å². The largest absolute Gasteiger partial charge is 0.432 e. The first-order valence-electron chi connectivity index (χ1n) is 13.5. The van der Waals surface area contributed by atoms with E-state index in [-0.39, 0.29) is 30.2 Å². The number of allylic oxidation sites excluding steroid dienone is 2. The van der Waals surface area contributed by atoms with E-state index in [1.807, 2.05) is 6.08 Å². The molecule has 2 aromatic carbocycles. The van der Waals surface area contributed by atoms with Crippen LogP contribution in [0, 0.1) is 46.8 Å². The van der Waals surface area contributed by atoms with Crippen LogP contribution in [-0.2, 0) is 6.42 Å². The van der Waals surface area contributed by atoms with E-state index in [9.17, 15) is 30.7 Å². The van der Waals surface area contributed by atoms with Crippen molar-refractivity contribution in [3.8, 4) is 5.75 Å². The second-order valence-electron chi connectivity index (χ2n) is 10.6. The Morgan fingerprint density at radius 3 is 1.97 bits per heavy atom. The van der Waals surface area contributed by atoms with Crippen molar-refractivity contribution in [3.05, 3.63) is 70.6 Å². The van der Waals surface area contributed by atoms with E-state index < -0.39 is 46.9 Å². The number of rotatable bonds is 9. The van der Waals surface area contributed by atoms with Crippen LogP contribution in [0.4, 0.5) is 30.7 Å². The van der Waals surface area contributed by atoms with Crippen LogP contribution in [0.1, 0.15) is 82.3 Å². The fraction of sp³-hybridized carbons (Fsp3) is 0.533. The van der Waals surface area contributed by atoms with Crippen LogP contribution in [0.25, 0.3) is 5.57 Å². The summed E-state index contributed by atoms with van der Waals surface area (Å²) in [5, 5.41) is 0. The van der Waals surface area contributed by atoms with Crippen LogP contribution in [-0.4, -0.2) is 6.11 Å². The molecule has 1 fully saturated rings. The first-order valence-corrected chi connectivity index (χ1v) is 13.5. The zero-order valence-electron chi connectivity index (χ0n) is 21.5. The first-order chi connectivity index (χ1) is 18.1. The summed E-state index contributed by atoms with van der Waals surface area (Å²) in [6, 6.07) is 3.68. The fourth-order valence-electron chi connectivity index (χ4n) is 5.92. The van der Waals surface area contributed by atoms with Crippen molar-refractivity contribution in [1.29, 1.82) is 0 Å². The maximum atomic E-state index is 14.8. The molecule has 0 saturated heterocycles. The van der Waals surface area contributed by atoms with E-state index in [2.05, 4.69) is 11.7 Å². The third-order valence-corrected chi connectivity index (χ3v) is 8.07. The van der Waals surface area contributed by atoms with Gasteiger partial charge in [-0.2, -0.15) is 8.78 Å². The number of ether oxygens (including phenoxy) is 1. The van der Waals surface area contributed by atoms with E-state index in [4.69, 9.17) is 0 Å². The molecule has 1 nitrogen and oxygen atoms in total. The van der Waals surface area contributed by atoms with E-state index >= 15 is 0 Å². The molecule has 8 heteroatoms. The van der Waals surface area contributed by atoms with Crippen molar-refractivity contribution in [2.24, 2.45) is 17.8 Å². The summed E-state index contributed by atoms with van der Waals surface area (Å²) >= 11 is 0. The molecule has 1 unspecified atom stereocenters. The fourth-order valence-corrected chi connectivity index (χ4v) is 5.92. The summed E-state index contributed by atoms with van der Waals surface area (Å²) in [6.07, 6.45) is 5.07. The molecule has 0 radical (unpaired) electrons. The number of alkyl halides is 2. The number of unbranched alkanes of at least 4 members (excludes halogenated alkanes) is 2. The molecule has 0 N–H and O–H groups in total. The number of hydrogen-bond donors (Lipinski definition) is 0. The van der Waals surface area contributed by atoms with Gasteiger partial charge in [0.2, 0.25) is 0 Å². The predicted octanol–water partition coefficient (Wildman–Crippen LogP) is 9.78. The third-order valence-electron chi connectivity index (χ3n) is 8.07. The first kappa shape index (κ1) is 28.5. The van der Waals surface area contributed by atoms with Gasteiger partial charge in [0.05, 0.1) is 5.92 Å². The van der Waals surface area contributed by atoms with Gasteiger partial charge < -0.3 is 4.74 Å². The molecule has 38 heavy (non-hydrogen) atoms. The molecule has 2 aliphatic carbocycles. The number of aryl methyl sites for hydroxylation is 1. The van der Waals surface area contributed by atoms with E-state index in [1.54, 1.807) is 0 Å². The topological polar surface area (TPSA) is 9.23 Å². The van der Waals surface area contributed by atoms with Crippen LogP contribution in [0.15, 0.2) is 30.3 Å². The Morgan fingerprint density at radius 1 is 0.789 bits per heavy atom. The molecular weight excluding hydrogens is 509 g/mol. The van der Waals surface area contributed by atoms with Crippen molar-refractivity contribution >= 4 is 5.57 Å². The van der Waals surface area contributed by atoms with Crippen LogP contribution in [0.2, 0.25) is 0 Å². The molecule has 0 bridgehead atoms. The highest BCUT2D eigenvalue weighted by Gasteiger charge is 2.45. The quantitative estimate of drug-likeness (QED) is 0.174. The lowest BCUT2D eigenvalue weighted by Crippen LogP contribution is -2.38.